The first-order valence-electron chi connectivity index (χ1n) is 10.4. The Labute approximate surface area is 181 Å². The van der Waals surface area contributed by atoms with Gasteiger partial charge in [-0.05, 0) is 42.8 Å². The van der Waals surface area contributed by atoms with E-state index in [1.165, 1.54) is 6.07 Å². The number of piperidine rings is 1. The van der Waals surface area contributed by atoms with Gasteiger partial charge in [0.15, 0.2) is 5.11 Å². The number of hydrogen-bond donors (Lipinski definition) is 2. The number of benzene rings is 1. The highest BCUT2D eigenvalue weighted by Crippen LogP contribution is 2.36. The van der Waals surface area contributed by atoms with E-state index in [2.05, 4.69) is 15.5 Å². The molecule has 30 heavy (non-hydrogen) atoms. The zero-order chi connectivity index (χ0) is 22.1. The van der Waals surface area contributed by atoms with Gasteiger partial charge in [-0.2, -0.15) is 13.2 Å². The summed E-state index contributed by atoms with van der Waals surface area (Å²) in [6, 6.07) is 4.90. The fraction of sp³-hybridized carbons (Fsp3) is 0.619. The molecule has 0 saturated carbocycles. The van der Waals surface area contributed by atoms with Gasteiger partial charge in [0.25, 0.3) is 0 Å². The van der Waals surface area contributed by atoms with Gasteiger partial charge in [-0.15, -0.1) is 0 Å². The van der Waals surface area contributed by atoms with Crippen LogP contribution in [0.25, 0.3) is 0 Å². The lowest BCUT2D eigenvalue weighted by molar-refractivity contribution is -0.137. The minimum atomic E-state index is -4.41. The Kier molecular flexibility index (Phi) is 6.62. The van der Waals surface area contributed by atoms with Crippen molar-refractivity contribution in [1.82, 2.24) is 20.4 Å². The summed E-state index contributed by atoms with van der Waals surface area (Å²) in [7, 11) is 0. The summed E-state index contributed by atoms with van der Waals surface area (Å²) in [6.45, 7) is 8.19. The van der Waals surface area contributed by atoms with Gasteiger partial charge in [-0.25, -0.2) is 0 Å². The highest BCUT2D eigenvalue weighted by Gasteiger charge is 2.52. The molecule has 0 aliphatic carbocycles. The fourth-order valence-corrected chi connectivity index (χ4v) is 4.60. The Hall–Kier alpha value is -1.87. The quantitative estimate of drug-likeness (QED) is 0.701. The van der Waals surface area contributed by atoms with Crippen molar-refractivity contribution < 1.29 is 18.0 Å². The Morgan fingerprint density at radius 3 is 2.57 bits per heavy atom. The summed E-state index contributed by atoms with van der Waals surface area (Å²) in [6.07, 6.45) is -3.09. The zero-order valence-electron chi connectivity index (χ0n) is 17.6. The number of alkyl halides is 3. The summed E-state index contributed by atoms with van der Waals surface area (Å²) in [5.74, 6) is 0.0341. The van der Waals surface area contributed by atoms with Crippen LogP contribution in [-0.2, 0) is 17.5 Å². The van der Waals surface area contributed by atoms with Gasteiger partial charge in [0.1, 0.15) is 0 Å². The average molecular weight is 443 g/mol. The Bertz CT molecular complexity index is 791. The van der Waals surface area contributed by atoms with E-state index in [1.807, 2.05) is 20.8 Å². The molecule has 5 nitrogen and oxygen atoms in total. The van der Waals surface area contributed by atoms with Crippen LogP contribution in [0.1, 0.15) is 44.7 Å². The Morgan fingerprint density at radius 2 is 2.00 bits per heavy atom. The molecule has 2 heterocycles. The number of amides is 1. The SMILES string of the molecule is CCNC(=S)N1CCC2(CC1)NC(C(C)C)C(=O)N2Cc1cccc(C(F)(F)F)c1. The molecular formula is C21H29F3N4OS. The third-order valence-electron chi connectivity index (χ3n) is 5.94. The van der Waals surface area contributed by atoms with Crippen LogP contribution >= 0.6 is 12.2 Å². The second kappa shape index (κ2) is 8.70. The maximum absolute atomic E-state index is 13.2. The third-order valence-corrected chi connectivity index (χ3v) is 6.34. The number of rotatable bonds is 4. The Morgan fingerprint density at radius 1 is 1.33 bits per heavy atom. The molecule has 0 radical (unpaired) electrons. The molecule has 0 bridgehead atoms. The molecule has 2 aliphatic heterocycles. The number of nitrogens with zero attached hydrogens (tertiary/aromatic N) is 2. The zero-order valence-corrected chi connectivity index (χ0v) is 18.4. The number of carbonyl (C=O) groups excluding carboxylic acids is 1. The van der Waals surface area contributed by atoms with E-state index in [4.69, 9.17) is 12.2 Å². The van der Waals surface area contributed by atoms with E-state index in [-0.39, 0.29) is 24.4 Å². The first kappa shape index (κ1) is 22.8. The van der Waals surface area contributed by atoms with E-state index in [1.54, 1.807) is 11.0 Å². The van der Waals surface area contributed by atoms with Crippen molar-refractivity contribution in [3.8, 4) is 0 Å². The number of halogens is 3. The van der Waals surface area contributed by atoms with E-state index in [0.29, 0.717) is 36.6 Å². The number of likely N-dealkylation sites (tertiary alicyclic amines) is 1. The van der Waals surface area contributed by atoms with Gasteiger partial charge in [0.2, 0.25) is 5.91 Å². The minimum Gasteiger partial charge on any atom is -0.363 e. The van der Waals surface area contributed by atoms with E-state index >= 15 is 0 Å². The molecule has 3 rings (SSSR count). The normalized spacial score (nSPS) is 21.6. The van der Waals surface area contributed by atoms with Crippen molar-refractivity contribution in [1.29, 1.82) is 0 Å². The van der Waals surface area contributed by atoms with Crippen molar-refractivity contribution in [3.63, 3.8) is 0 Å². The molecule has 1 atom stereocenters. The van der Waals surface area contributed by atoms with Crippen LogP contribution in [0.5, 0.6) is 0 Å². The van der Waals surface area contributed by atoms with Crippen molar-refractivity contribution in [3.05, 3.63) is 35.4 Å². The van der Waals surface area contributed by atoms with Crippen molar-refractivity contribution >= 4 is 23.2 Å². The molecule has 2 aliphatic rings. The molecule has 2 N–H and O–H groups in total. The van der Waals surface area contributed by atoms with Crippen molar-refractivity contribution in [2.75, 3.05) is 19.6 Å². The van der Waals surface area contributed by atoms with Crippen LogP contribution in [0, 0.1) is 5.92 Å². The summed E-state index contributed by atoms with van der Waals surface area (Å²) in [5, 5.41) is 7.37. The molecule has 1 aromatic rings. The molecule has 166 valence electrons. The van der Waals surface area contributed by atoms with Crippen molar-refractivity contribution in [2.24, 2.45) is 5.92 Å². The molecule has 9 heteroatoms. The largest absolute Gasteiger partial charge is 0.416 e. The number of nitrogens with one attached hydrogen (secondary N) is 2. The summed E-state index contributed by atoms with van der Waals surface area (Å²) < 4.78 is 39.4. The van der Waals surface area contributed by atoms with E-state index < -0.39 is 17.4 Å². The standard InChI is InChI=1S/C21H29F3N4OS/c1-4-25-19(30)27-10-8-20(9-11-27)26-17(14(2)3)18(29)28(20)13-15-6-5-7-16(12-15)21(22,23)24/h5-7,12,14,17,26H,4,8-11,13H2,1-3H3,(H,25,30). The second-order valence-electron chi connectivity index (χ2n) is 8.34. The van der Waals surface area contributed by atoms with Crippen molar-refractivity contribution in [2.45, 2.75) is 58.0 Å². The summed E-state index contributed by atoms with van der Waals surface area (Å²) in [5.41, 5.74) is -0.785. The topological polar surface area (TPSA) is 47.6 Å². The average Bonchev–Trinajstić information content (AvgIpc) is 2.95. The molecular weight excluding hydrogens is 413 g/mol. The number of hydrogen-bond acceptors (Lipinski definition) is 3. The third kappa shape index (κ3) is 4.56. The smallest absolute Gasteiger partial charge is 0.363 e. The van der Waals surface area contributed by atoms with E-state index in [0.717, 1.165) is 18.7 Å². The minimum absolute atomic E-state index is 0.0508. The maximum atomic E-state index is 13.2. The van der Waals surface area contributed by atoms with Crippen LogP contribution in [-0.4, -0.2) is 52.2 Å². The molecule has 1 spiro atoms. The van der Waals surface area contributed by atoms with Crippen LogP contribution in [0.2, 0.25) is 0 Å². The number of carbonyl (C=O) groups is 1. The molecule has 2 saturated heterocycles. The van der Waals surface area contributed by atoms with Gasteiger partial charge in [-0.1, -0.05) is 26.0 Å². The molecule has 1 amide bonds. The maximum Gasteiger partial charge on any atom is 0.416 e. The van der Waals surface area contributed by atoms with Gasteiger partial charge >= 0.3 is 6.18 Å². The highest BCUT2D eigenvalue weighted by molar-refractivity contribution is 7.80. The van der Waals surface area contributed by atoms with E-state index in [9.17, 15) is 18.0 Å². The summed E-state index contributed by atoms with van der Waals surface area (Å²) >= 11 is 5.41. The molecule has 1 aromatic carbocycles. The second-order valence-corrected chi connectivity index (χ2v) is 8.73. The predicted octanol–water partition coefficient (Wildman–Crippen LogP) is 3.35. The lowest BCUT2D eigenvalue weighted by Gasteiger charge is -2.45. The van der Waals surface area contributed by atoms with Gasteiger partial charge in [0, 0.05) is 39.0 Å². The molecule has 1 unspecified atom stereocenters. The van der Waals surface area contributed by atoms with Crippen LogP contribution in [0.4, 0.5) is 13.2 Å². The van der Waals surface area contributed by atoms with Crippen LogP contribution < -0.4 is 10.6 Å². The van der Waals surface area contributed by atoms with Crippen LogP contribution in [0.15, 0.2) is 24.3 Å². The number of thiocarbonyl (C=S) groups is 1. The van der Waals surface area contributed by atoms with Gasteiger partial charge < -0.3 is 15.1 Å². The molecule has 0 aromatic heterocycles. The molecule has 2 fully saturated rings. The van der Waals surface area contributed by atoms with Gasteiger partial charge in [-0.3, -0.25) is 10.1 Å². The lowest BCUT2D eigenvalue weighted by atomic mass is 9.95. The Balaban J connectivity index is 1.84. The first-order valence-corrected chi connectivity index (χ1v) is 10.8. The van der Waals surface area contributed by atoms with Crippen LogP contribution in [0.3, 0.4) is 0 Å². The summed E-state index contributed by atoms with van der Waals surface area (Å²) in [4.78, 5) is 17.0. The first-order chi connectivity index (χ1) is 14.1. The predicted molar refractivity (Wildman–Crippen MR) is 114 cm³/mol. The monoisotopic (exact) mass is 442 g/mol. The fourth-order valence-electron chi connectivity index (χ4n) is 4.27. The highest BCUT2D eigenvalue weighted by atomic mass is 32.1. The lowest BCUT2D eigenvalue weighted by Crippen LogP contribution is -2.60. The van der Waals surface area contributed by atoms with Gasteiger partial charge in [0.05, 0.1) is 17.3 Å².